The number of aliphatic hydroxyl groups excluding tert-OH is 1. The Morgan fingerprint density at radius 2 is 1.75 bits per heavy atom. The molecular formula is C15H16F2N2O. The lowest BCUT2D eigenvalue weighted by Crippen LogP contribution is -2.35. The number of nitrogens with one attached hydrogen (secondary N) is 1. The van der Waals surface area contributed by atoms with Crippen molar-refractivity contribution in [3.63, 3.8) is 0 Å². The molecule has 2 aromatic rings. The van der Waals surface area contributed by atoms with Crippen LogP contribution in [0.5, 0.6) is 0 Å². The number of benzene rings is 1. The highest BCUT2D eigenvalue weighted by molar-refractivity contribution is 5.20. The van der Waals surface area contributed by atoms with Gasteiger partial charge in [0.15, 0.2) is 0 Å². The van der Waals surface area contributed by atoms with Crippen LogP contribution in [0.1, 0.15) is 17.2 Å². The van der Waals surface area contributed by atoms with Gasteiger partial charge in [0.1, 0.15) is 0 Å². The van der Waals surface area contributed by atoms with E-state index in [4.69, 9.17) is 0 Å². The maximum atomic E-state index is 14.0. The lowest BCUT2D eigenvalue weighted by Gasteiger charge is -2.22. The summed E-state index contributed by atoms with van der Waals surface area (Å²) in [6.45, 7) is -0.784. The van der Waals surface area contributed by atoms with Gasteiger partial charge in [-0.3, -0.25) is 4.98 Å². The predicted molar refractivity (Wildman–Crippen MR) is 72.4 cm³/mol. The largest absolute Gasteiger partial charge is 0.394 e. The molecular weight excluding hydrogens is 262 g/mol. The molecule has 1 atom stereocenters. The summed E-state index contributed by atoms with van der Waals surface area (Å²) < 4.78 is 28.0. The molecule has 20 heavy (non-hydrogen) atoms. The highest BCUT2D eigenvalue weighted by Gasteiger charge is 2.32. The average Bonchev–Trinajstić information content (AvgIpc) is 2.50. The van der Waals surface area contributed by atoms with Gasteiger partial charge in [-0.25, -0.2) is 0 Å². The number of pyridine rings is 1. The molecule has 1 aromatic carbocycles. The standard InChI is InChI=1S/C15H16F2N2O/c16-15(17,13-6-8-18-9-7-13)11-19-14(10-20)12-4-2-1-3-5-12/h1-9,14,19-20H,10-11H2/t14-/m1/s1. The molecule has 0 saturated heterocycles. The van der Waals surface area contributed by atoms with E-state index < -0.39 is 18.5 Å². The van der Waals surface area contributed by atoms with Crippen molar-refractivity contribution in [2.45, 2.75) is 12.0 Å². The van der Waals surface area contributed by atoms with Crippen molar-refractivity contribution in [2.75, 3.05) is 13.2 Å². The number of hydrogen-bond acceptors (Lipinski definition) is 3. The van der Waals surface area contributed by atoms with Crippen LogP contribution in [0.4, 0.5) is 8.78 Å². The number of rotatable bonds is 6. The third kappa shape index (κ3) is 3.59. The van der Waals surface area contributed by atoms with E-state index >= 15 is 0 Å². The summed E-state index contributed by atoms with van der Waals surface area (Å²) in [5.74, 6) is -3.01. The monoisotopic (exact) mass is 278 g/mol. The topological polar surface area (TPSA) is 45.1 Å². The molecule has 0 radical (unpaired) electrons. The molecule has 0 fully saturated rings. The zero-order valence-corrected chi connectivity index (χ0v) is 10.8. The minimum Gasteiger partial charge on any atom is -0.394 e. The number of nitrogens with zero attached hydrogens (tertiary/aromatic N) is 1. The molecule has 0 spiro atoms. The molecule has 0 aliphatic carbocycles. The number of alkyl halides is 2. The van der Waals surface area contributed by atoms with Gasteiger partial charge in [-0.2, -0.15) is 8.78 Å². The van der Waals surface area contributed by atoms with E-state index in [1.54, 1.807) is 24.3 Å². The Balaban J connectivity index is 2.03. The Kier molecular flexibility index (Phi) is 4.76. The van der Waals surface area contributed by atoms with Crippen molar-refractivity contribution in [1.29, 1.82) is 0 Å². The van der Waals surface area contributed by atoms with Crippen molar-refractivity contribution in [2.24, 2.45) is 0 Å². The minimum absolute atomic E-state index is 0.0928. The lowest BCUT2D eigenvalue weighted by molar-refractivity contribution is -0.00755. The number of aliphatic hydroxyl groups is 1. The molecule has 0 unspecified atom stereocenters. The van der Waals surface area contributed by atoms with Gasteiger partial charge in [-0.05, 0) is 17.7 Å². The molecule has 2 N–H and O–H groups in total. The van der Waals surface area contributed by atoms with Crippen LogP contribution in [-0.2, 0) is 5.92 Å². The molecule has 5 heteroatoms. The van der Waals surface area contributed by atoms with E-state index in [1.165, 1.54) is 24.5 Å². The van der Waals surface area contributed by atoms with Gasteiger partial charge < -0.3 is 10.4 Å². The van der Waals surface area contributed by atoms with E-state index in [2.05, 4.69) is 10.3 Å². The van der Waals surface area contributed by atoms with Crippen LogP contribution in [0, 0.1) is 0 Å². The number of aromatic nitrogens is 1. The van der Waals surface area contributed by atoms with Gasteiger partial charge in [-0.1, -0.05) is 30.3 Å². The first-order chi connectivity index (χ1) is 9.63. The summed E-state index contributed by atoms with van der Waals surface area (Å²) in [4.78, 5) is 3.72. The van der Waals surface area contributed by atoms with Crippen LogP contribution >= 0.6 is 0 Å². The molecule has 0 bridgehead atoms. The highest BCUT2D eigenvalue weighted by atomic mass is 19.3. The zero-order valence-electron chi connectivity index (χ0n) is 10.8. The Morgan fingerprint density at radius 1 is 1.10 bits per heavy atom. The first-order valence-corrected chi connectivity index (χ1v) is 6.31. The third-order valence-corrected chi connectivity index (χ3v) is 3.06. The molecule has 0 aliphatic rings. The maximum Gasteiger partial charge on any atom is 0.285 e. The van der Waals surface area contributed by atoms with Gasteiger partial charge in [-0.15, -0.1) is 0 Å². The summed E-state index contributed by atoms with van der Waals surface area (Å²) in [5, 5.41) is 12.0. The SMILES string of the molecule is OC[C@@H](NCC(F)(F)c1ccncc1)c1ccccc1. The smallest absolute Gasteiger partial charge is 0.285 e. The molecule has 3 nitrogen and oxygen atoms in total. The summed E-state index contributed by atoms with van der Waals surface area (Å²) in [6, 6.07) is 11.1. The first-order valence-electron chi connectivity index (χ1n) is 6.31. The second kappa shape index (κ2) is 6.54. The molecule has 0 aliphatic heterocycles. The molecule has 0 saturated carbocycles. The summed E-state index contributed by atoms with van der Waals surface area (Å²) >= 11 is 0. The van der Waals surface area contributed by atoms with Crippen LogP contribution in [-0.4, -0.2) is 23.2 Å². The summed E-state index contributed by atoms with van der Waals surface area (Å²) in [5.41, 5.74) is 0.685. The van der Waals surface area contributed by atoms with Crippen LogP contribution in [0.2, 0.25) is 0 Å². The van der Waals surface area contributed by atoms with Gasteiger partial charge in [0, 0.05) is 18.0 Å². The van der Waals surface area contributed by atoms with Gasteiger partial charge in [0.25, 0.3) is 5.92 Å². The van der Waals surface area contributed by atoms with Crippen molar-refractivity contribution < 1.29 is 13.9 Å². The Morgan fingerprint density at radius 3 is 2.35 bits per heavy atom. The molecule has 106 valence electrons. The fourth-order valence-electron chi connectivity index (χ4n) is 1.92. The van der Waals surface area contributed by atoms with E-state index in [9.17, 15) is 13.9 Å². The van der Waals surface area contributed by atoms with E-state index in [-0.39, 0.29) is 12.2 Å². The van der Waals surface area contributed by atoms with Crippen LogP contribution in [0.15, 0.2) is 54.9 Å². The van der Waals surface area contributed by atoms with Gasteiger partial charge >= 0.3 is 0 Å². The number of hydrogen-bond donors (Lipinski definition) is 2. The van der Waals surface area contributed by atoms with Crippen molar-refractivity contribution in [3.05, 3.63) is 66.0 Å². The highest BCUT2D eigenvalue weighted by Crippen LogP contribution is 2.27. The van der Waals surface area contributed by atoms with Crippen molar-refractivity contribution in [1.82, 2.24) is 10.3 Å². The molecule has 2 rings (SSSR count). The summed E-state index contributed by atoms with van der Waals surface area (Å²) in [6.07, 6.45) is 2.67. The van der Waals surface area contributed by atoms with Crippen molar-refractivity contribution >= 4 is 0 Å². The van der Waals surface area contributed by atoms with Crippen LogP contribution in [0.25, 0.3) is 0 Å². The fourth-order valence-corrected chi connectivity index (χ4v) is 1.92. The molecule has 0 amide bonds. The second-order valence-electron chi connectivity index (χ2n) is 4.47. The minimum atomic E-state index is -3.01. The maximum absolute atomic E-state index is 14.0. The normalized spacial score (nSPS) is 13.2. The third-order valence-electron chi connectivity index (χ3n) is 3.06. The Labute approximate surface area is 116 Å². The number of halogens is 2. The van der Waals surface area contributed by atoms with Crippen LogP contribution in [0.3, 0.4) is 0 Å². The predicted octanol–water partition coefficient (Wildman–Crippen LogP) is 2.50. The van der Waals surface area contributed by atoms with E-state index in [0.29, 0.717) is 0 Å². The van der Waals surface area contributed by atoms with Gasteiger partial charge in [0.2, 0.25) is 0 Å². The second-order valence-corrected chi connectivity index (χ2v) is 4.47. The van der Waals surface area contributed by atoms with Gasteiger partial charge in [0.05, 0.1) is 19.2 Å². The van der Waals surface area contributed by atoms with E-state index in [1.807, 2.05) is 6.07 Å². The first kappa shape index (κ1) is 14.6. The summed E-state index contributed by atoms with van der Waals surface area (Å²) in [7, 11) is 0. The average molecular weight is 278 g/mol. The quantitative estimate of drug-likeness (QED) is 0.853. The fraction of sp³-hybridized carbons (Fsp3) is 0.267. The Bertz CT molecular complexity index is 520. The lowest BCUT2D eigenvalue weighted by atomic mass is 10.1. The van der Waals surface area contributed by atoms with E-state index in [0.717, 1.165) is 5.56 Å². The van der Waals surface area contributed by atoms with Crippen LogP contribution < -0.4 is 5.32 Å². The molecule has 1 aromatic heterocycles. The Hall–Kier alpha value is -1.85. The van der Waals surface area contributed by atoms with Crippen molar-refractivity contribution in [3.8, 4) is 0 Å². The zero-order chi connectivity index (χ0) is 14.4. The molecule has 1 heterocycles.